The number of hydrogen-bond donors (Lipinski definition) is 0. The van der Waals surface area contributed by atoms with Crippen molar-refractivity contribution in [2.45, 2.75) is 25.8 Å². The lowest BCUT2D eigenvalue weighted by Crippen LogP contribution is -2.23. The Bertz CT molecular complexity index is 304. The molecule has 0 N–H and O–H groups in total. The predicted molar refractivity (Wildman–Crippen MR) is 55.7 cm³/mol. The second-order valence-electron chi connectivity index (χ2n) is 3.31. The first kappa shape index (κ1) is 8.75. The summed E-state index contributed by atoms with van der Waals surface area (Å²) in [4.78, 5) is 13.7. The number of carbonyl (C=O) groups excluding carboxylic acids is 1. The van der Waals surface area contributed by atoms with Crippen molar-refractivity contribution in [3.05, 3.63) is 17.0 Å². The largest absolute Gasteiger partial charge is 0.361 e. The summed E-state index contributed by atoms with van der Waals surface area (Å²) < 4.78 is 0. The molecule has 0 radical (unpaired) electrons. The van der Waals surface area contributed by atoms with Crippen LogP contribution in [0.25, 0.3) is 0 Å². The molecule has 0 amide bonds. The molecule has 13 heavy (non-hydrogen) atoms. The van der Waals surface area contributed by atoms with Crippen LogP contribution >= 0.6 is 11.3 Å². The Kier molecular flexibility index (Phi) is 2.36. The van der Waals surface area contributed by atoms with Gasteiger partial charge < -0.3 is 4.90 Å². The van der Waals surface area contributed by atoms with Crippen LogP contribution in [0.4, 0.5) is 5.00 Å². The summed E-state index contributed by atoms with van der Waals surface area (Å²) in [5.74, 6) is 0. The van der Waals surface area contributed by atoms with Gasteiger partial charge in [-0.05, 0) is 31.9 Å². The summed E-state index contributed by atoms with van der Waals surface area (Å²) >= 11 is 1.59. The van der Waals surface area contributed by atoms with E-state index in [1.54, 1.807) is 11.3 Å². The lowest BCUT2D eigenvalue weighted by molar-refractivity contribution is 0.112. The van der Waals surface area contributed by atoms with Gasteiger partial charge >= 0.3 is 0 Å². The van der Waals surface area contributed by atoms with Crippen LogP contribution < -0.4 is 4.90 Å². The number of hydrogen-bond acceptors (Lipinski definition) is 3. The molecule has 0 aliphatic heterocycles. The molecule has 0 spiro atoms. The molecule has 2 nitrogen and oxygen atoms in total. The molecular weight excluding hydrogens is 182 g/mol. The van der Waals surface area contributed by atoms with E-state index in [2.05, 4.69) is 17.9 Å². The summed E-state index contributed by atoms with van der Waals surface area (Å²) in [6.45, 7) is 3.21. The van der Waals surface area contributed by atoms with Crippen molar-refractivity contribution in [3.63, 3.8) is 0 Å². The Morgan fingerprint density at radius 1 is 1.62 bits per heavy atom. The van der Waals surface area contributed by atoms with Gasteiger partial charge in [0.1, 0.15) is 0 Å². The molecule has 0 saturated heterocycles. The van der Waals surface area contributed by atoms with Crippen LogP contribution in [0.15, 0.2) is 12.1 Å². The van der Waals surface area contributed by atoms with E-state index in [0.29, 0.717) is 0 Å². The van der Waals surface area contributed by atoms with Gasteiger partial charge in [0.15, 0.2) is 6.29 Å². The Balaban J connectivity index is 2.16. The summed E-state index contributed by atoms with van der Waals surface area (Å²) in [5.41, 5.74) is 0. The van der Waals surface area contributed by atoms with Crippen molar-refractivity contribution in [2.75, 3.05) is 11.4 Å². The summed E-state index contributed by atoms with van der Waals surface area (Å²) in [6.07, 6.45) is 3.54. The number of thiophene rings is 1. The highest BCUT2D eigenvalue weighted by molar-refractivity contribution is 7.17. The van der Waals surface area contributed by atoms with Crippen molar-refractivity contribution >= 4 is 22.6 Å². The van der Waals surface area contributed by atoms with Crippen LogP contribution in [-0.4, -0.2) is 18.9 Å². The normalized spacial score (nSPS) is 15.8. The average Bonchev–Trinajstić information content (AvgIpc) is 2.85. The van der Waals surface area contributed by atoms with Crippen LogP contribution in [0.3, 0.4) is 0 Å². The highest BCUT2D eigenvalue weighted by Gasteiger charge is 2.28. The first-order valence-corrected chi connectivity index (χ1v) is 5.48. The zero-order valence-electron chi connectivity index (χ0n) is 7.69. The standard InChI is InChI=1S/C10H13NOS/c1-2-11(8-3-4-8)10-6-5-9(7-12)13-10/h5-8H,2-4H2,1H3. The summed E-state index contributed by atoms with van der Waals surface area (Å²) in [7, 11) is 0. The lowest BCUT2D eigenvalue weighted by atomic mass is 10.4. The first-order valence-electron chi connectivity index (χ1n) is 4.66. The first-order chi connectivity index (χ1) is 6.35. The number of rotatable bonds is 4. The van der Waals surface area contributed by atoms with Crippen LogP contribution in [-0.2, 0) is 0 Å². The smallest absolute Gasteiger partial charge is 0.160 e. The average molecular weight is 195 g/mol. The highest BCUT2D eigenvalue weighted by atomic mass is 32.1. The Morgan fingerprint density at radius 3 is 2.85 bits per heavy atom. The van der Waals surface area contributed by atoms with Gasteiger partial charge in [-0.2, -0.15) is 0 Å². The zero-order valence-corrected chi connectivity index (χ0v) is 8.51. The summed E-state index contributed by atoms with van der Waals surface area (Å²) in [5, 5.41) is 1.24. The van der Waals surface area contributed by atoms with E-state index in [9.17, 15) is 4.79 Å². The van der Waals surface area contributed by atoms with E-state index in [-0.39, 0.29) is 0 Å². The van der Waals surface area contributed by atoms with E-state index in [1.165, 1.54) is 17.8 Å². The van der Waals surface area contributed by atoms with Crippen molar-refractivity contribution in [1.82, 2.24) is 0 Å². The van der Waals surface area contributed by atoms with Gasteiger partial charge in [0.25, 0.3) is 0 Å². The fourth-order valence-electron chi connectivity index (χ4n) is 1.54. The fourth-order valence-corrected chi connectivity index (χ4v) is 2.50. The van der Waals surface area contributed by atoms with Crippen LogP contribution in [0.2, 0.25) is 0 Å². The Morgan fingerprint density at radius 2 is 2.38 bits per heavy atom. The molecule has 0 atom stereocenters. The van der Waals surface area contributed by atoms with Gasteiger partial charge in [0.05, 0.1) is 9.88 Å². The van der Waals surface area contributed by atoms with Crippen molar-refractivity contribution in [1.29, 1.82) is 0 Å². The number of aldehydes is 1. The predicted octanol–water partition coefficient (Wildman–Crippen LogP) is 2.55. The molecule has 70 valence electrons. The zero-order chi connectivity index (χ0) is 9.26. The molecule has 1 aliphatic carbocycles. The molecular formula is C10H13NOS. The molecule has 0 bridgehead atoms. The van der Waals surface area contributed by atoms with Crippen LogP contribution in [0.1, 0.15) is 29.4 Å². The van der Waals surface area contributed by atoms with E-state index in [0.717, 1.165) is 23.7 Å². The van der Waals surface area contributed by atoms with Crippen molar-refractivity contribution in [3.8, 4) is 0 Å². The third-order valence-electron chi connectivity index (χ3n) is 2.34. The van der Waals surface area contributed by atoms with E-state index in [4.69, 9.17) is 0 Å². The minimum atomic E-state index is 0.739. The molecule has 1 saturated carbocycles. The lowest BCUT2D eigenvalue weighted by Gasteiger charge is -2.19. The second kappa shape index (κ2) is 3.50. The van der Waals surface area contributed by atoms with Crippen molar-refractivity contribution in [2.24, 2.45) is 0 Å². The molecule has 0 unspecified atom stereocenters. The van der Waals surface area contributed by atoms with Gasteiger partial charge in [-0.3, -0.25) is 4.79 Å². The molecule has 0 aromatic carbocycles. The maximum absolute atomic E-state index is 10.5. The molecule has 3 heteroatoms. The third kappa shape index (κ3) is 1.75. The quantitative estimate of drug-likeness (QED) is 0.688. The minimum Gasteiger partial charge on any atom is -0.361 e. The van der Waals surface area contributed by atoms with E-state index in [1.807, 2.05) is 6.07 Å². The monoisotopic (exact) mass is 195 g/mol. The van der Waals surface area contributed by atoms with Gasteiger partial charge in [0, 0.05) is 12.6 Å². The summed E-state index contributed by atoms with van der Waals surface area (Å²) in [6, 6.07) is 4.69. The third-order valence-corrected chi connectivity index (χ3v) is 3.39. The number of anilines is 1. The van der Waals surface area contributed by atoms with E-state index >= 15 is 0 Å². The topological polar surface area (TPSA) is 20.3 Å². The van der Waals surface area contributed by atoms with E-state index < -0.39 is 0 Å². The van der Waals surface area contributed by atoms with Gasteiger partial charge in [-0.1, -0.05) is 0 Å². The molecule has 2 rings (SSSR count). The molecule has 1 aromatic heterocycles. The Labute approximate surface area is 82.2 Å². The van der Waals surface area contributed by atoms with Gasteiger partial charge in [-0.15, -0.1) is 11.3 Å². The number of carbonyl (C=O) groups is 1. The molecule has 1 heterocycles. The fraction of sp³-hybridized carbons (Fsp3) is 0.500. The van der Waals surface area contributed by atoms with Crippen LogP contribution in [0, 0.1) is 0 Å². The van der Waals surface area contributed by atoms with Gasteiger partial charge in [-0.25, -0.2) is 0 Å². The van der Waals surface area contributed by atoms with Crippen LogP contribution in [0.5, 0.6) is 0 Å². The highest BCUT2D eigenvalue weighted by Crippen LogP contribution is 2.34. The molecule has 1 fully saturated rings. The Hall–Kier alpha value is -0.830. The van der Waals surface area contributed by atoms with Gasteiger partial charge in [0.2, 0.25) is 0 Å². The SMILES string of the molecule is CCN(c1ccc(C=O)s1)C1CC1. The second-order valence-corrected chi connectivity index (χ2v) is 4.40. The minimum absolute atomic E-state index is 0.739. The maximum Gasteiger partial charge on any atom is 0.160 e. The molecule has 1 aliphatic rings. The maximum atomic E-state index is 10.5. The molecule has 1 aromatic rings. The number of nitrogens with zero attached hydrogens (tertiary/aromatic N) is 1. The van der Waals surface area contributed by atoms with Crippen molar-refractivity contribution < 1.29 is 4.79 Å².